The van der Waals surface area contributed by atoms with E-state index in [1.54, 1.807) is 0 Å². The summed E-state index contributed by atoms with van der Waals surface area (Å²) >= 11 is 5.58. The molecule has 0 spiro atoms. The van der Waals surface area contributed by atoms with E-state index in [9.17, 15) is 18.0 Å². The molecule has 0 amide bonds. The summed E-state index contributed by atoms with van der Waals surface area (Å²) in [5.41, 5.74) is -0.0744. The molecule has 1 saturated carbocycles. The molecule has 0 aromatic heterocycles. The minimum Gasteiger partial charge on any atom is -0.294 e. The highest BCUT2D eigenvalue weighted by atomic mass is 35.5. The summed E-state index contributed by atoms with van der Waals surface area (Å²) < 4.78 is 39.4. The van der Waals surface area contributed by atoms with Crippen molar-refractivity contribution >= 4 is 17.4 Å². The SMILES string of the molecule is O=C(CC1CCC(F)(F)C1)c1ccc(Cl)cc1F. The van der Waals surface area contributed by atoms with Crippen molar-refractivity contribution in [3.05, 3.63) is 34.6 Å². The van der Waals surface area contributed by atoms with E-state index in [0.29, 0.717) is 6.42 Å². The molecule has 0 radical (unpaired) electrons. The summed E-state index contributed by atoms with van der Waals surface area (Å²) in [5, 5.41) is 0.205. The Morgan fingerprint density at radius 1 is 1.44 bits per heavy atom. The lowest BCUT2D eigenvalue weighted by molar-refractivity contribution is 0.00497. The zero-order valence-electron chi connectivity index (χ0n) is 9.56. The van der Waals surface area contributed by atoms with E-state index in [2.05, 4.69) is 0 Å². The first kappa shape index (κ1) is 13.4. The van der Waals surface area contributed by atoms with E-state index in [1.165, 1.54) is 12.1 Å². The lowest BCUT2D eigenvalue weighted by atomic mass is 9.96. The molecular weight excluding hydrogens is 265 g/mol. The van der Waals surface area contributed by atoms with Crippen molar-refractivity contribution in [1.82, 2.24) is 0 Å². The average molecular weight is 277 g/mol. The van der Waals surface area contributed by atoms with E-state index in [-0.39, 0.29) is 35.8 Å². The van der Waals surface area contributed by atoms with E-state index >= 15 is 0 Å². The van der Waals surface area contributed by atoms with E-state index in [0.717, 1.165) is 6.07 Å². The van der Waals surface area contributed by atoms with E-state index in [1.807, 2.05) is 0 Å². The Hall–Kier alpha value is -1.03. The van der Waals surface area contributed by atoms with E-state index < -0.39 is 17.5 Å². The second-order valence-electron chi connectivity index (χ2n) is 4.72. The highest BCUT2D eigenvalue weighted by Crippen LogP contribution is 2.40. The second kappa shape index (κ2) is 4.92. The van der Waals surface area contributed by atoms with Crippen LogP contribution in [0.15, 0.2) is 18.2 Å². The van der Waals surface area contributed by atoms with Crippen LogP contribution in [0, 0.1) is 11.7 Å². The van der Waals surface area contributed by atoms with Gasteiger partial charge in [-0.1, -0.05) is 11.6 Å². The molecule has 1 nitrogen and oxygen atoms in total. The van der Waals surface area contributed by atoms with Gasteiger partial charge in [0, 0.05) is 24.3 Å². The highest BCUT2D eigenvalue weighted by molar-refractivity contribution is 6.30. The fourth-order valence-electron chi connectivity index (χ4n) is 2.30. The molecule has 5 heteroatoms. The first-order chi connectivity index (χ1) is 8.37. The van der Waals surface area contributed by atoms with Gasteiger partial charge >= 0.3 is 0 Å². The molecule has 0 heterocycles. The number of halogens is 4. The standard InChI is InChI=1S/C13H12ClF3O/c14-9-1-2-10(11(15)6-9)12(18)5-8-3-4-13(16,17)7-8/h1-2,6,8H,3-5,7H2. The Labute approximate surface area is 108 Å². The zero-order valence-corrected chi connectivity index (χ0v) is 10.3. The molecular formula is C13H12ClF3O. The Morgan fingerprint density at radius 3 is 2.72 bits per heavy atom. The van der Waals surface area contributed by atoms with Crippen LogP contribution in [0.3, 0.4) is 0 Å². The molecule has 1 aliphatic rings. The third-order valence-corrected chi connectivity index (χ3v) is 3.45. The van der Waals surface area contributed by atoms with Gasteiger partial charge in [-0.05, 0) is 30.5 Å². The van der Waals surface area contributed by atoms with Crippen molar-refractivity contribution in [1.29, 1.82) is 0 Å². The summed E-state index contributed by atoms with van der Waals surface area (Å²) in [6.45, 7) is 0. The van der Waals surface area contributed by atoms with Crippen LogP contribution in [0.4, 0.5) is 13.2 Å². The first-order valence-electron chi connectivity index (χ1n) is 5.73. The van der Waals surface area contributed by atoms with Crippen molar-refractivity contribution in [2.24, 2.45) is 5.92 Å². The van der Waals surface area contributed by atoms with Gasteiger partial charge < -0.3 is 0 Å². The molecule has 1 aromatic carbocycles. The summed E-state index contributed by atoms with van der Waals surface area (Å²) in [7, 11) is 0. The maximum Gasteiger partial charge on any atom is 0.248 e. The minimum absolute atomic E-state index is 0.0336. The number of ketones is 1. The molecule has 0 aliphatic heterocycles. The molecule has 1 aliphatic carbocycles. The van der Waals surface area contributed by atoms with Gasteiger partial charge in [-0.25, -0.2) is 13.2 Å². The van der Waals surface area contributed by atoms with Gasteiger partial charge in [0.2, 0.25) is 5.92 Å². The number of benzene rings is 1. The van der Waals surface area contributed by atoms with Gasteiger partial charge in [0.15, 0.2) is 5.78 Å². The first-order valence-corrected chi connectivity index (χ1v) is 6.11. The minimum atomic E-state index is -2.68. The van der Waals surface area contributed by atoms with Crippen LogP contribution < -0.4 is 0 Å². The maximum atomic E-state index is 13.5. The number of hydrogen-bond donors (Lipinski definition) is 0. The predicted octanol–water partition coefficient (Wildman–Crippen LogP) is 4.49. The van der Waals surface area contributed by atoms with Crippen molar-refractivity contribution < 1.29 is 18.0 Å². The van der Waals surface area contributed by atoms with Crippen LogP contribution in [-0.4, -0.2) is 11.7 Å². The van der Waals surface area contributed by atoms with Crippen molar-refractivity contribution in [3.63, 3.8) is 0 Å². The fraction of sp³-hybridized carbons (Fsp3) is 0.462. The average Bonchev–Trinajstić information content (AvgIpc) is 2.57. The lowest BCUT2D eigenvalue weighted by Crippen LogP contribution is -2.12. The van der Waals surface area contributed by atoms with E-state index in [4.69, 9.17) is 11.6 Å². The normalized spacial score (nSPS) is 22.1. The van der Waals surface area contributed by atoms with Crippen LogP contribution in [0.2, 0.25) is 5.02 Å². The van der Waals surface area contributed by atoms with Gasteiger partial charge in [0.05, 0.1) is 5.56 Å². The zero-order chi connectivity index (χ0) is 13.3. The highest BCUT2D eigenvalue weighted by Gasteiger charge is 2.40. The van der Waals surface area contributed by atoms with Crippen LogP contribution >= 0.6 is 11.6 Å². The molecule has 98 valence electrons. The smallest absolute Gasteiger partial charge is 0.248 e. The van der Waals surface area contributed by atoms with Crippen LogP contribution in [-0.2, 0) is 0 Å². The number of carbonyl (C=O) groups excluding carboxylic acids is 1. The van der Waals surface area contributed by atoms with Gasteiger partial charge in [0.25, 0.3) is 0 Å². The molecule has 0 saturated heterocycles. The summed E-state index contributed by atoms with van der Waals surface area (Å²) in [6.07, 6.45) is -0.190. The fourth-order valence-corrected chi connectivity index (χ4v) is 2.46. The Kier molecular flexibility index (Phi) is 3.66. The van der Waals surface area contributed by atoms with Gasteiger partial charge in [0.1, 0.15) is 5.82 Å². The van der Waals surface area contributed by atoms with Gasteiger partial charge in [-0.3, -0.25) is 4.79 Å². The number of hydrogen-bond acceptors (Lipinski definition) is 1. The molecule has 18 heavy (non-hydrogen) atoms. The summed E-state index contributed by atoms with van der Waals surface area (Å²) in [6, 6.07) is 3.77. The molecule has 1 atom stereocenters. The molecule has 1 unspecified atom stereocenters. The number of Topliss-reactive ketones (excluding diaryl/α,β-unsaturated/α-hetero) is 1. The summed E-state index contributed by atoms with van der Waals surface area (Å²) in [5.74, 6) is -4.17. The van der Waals surface area contributed by atoms with Crippen LogP contribution in [0.5, 0.6) is 0 Å². The molecule has 0 N–H and O–H groups in total. The third-order valence-electron chi connectivity index (χ3n) is 3.21. The predicted molar refractivity (Wildman–Crippen MR) is 62.6 cm³/mol. The molecule has 1 aromatic rings. The van der Waals surface area contributed by atoms with Gasteiger partial charge in [-0.2, -0.15) is 0 Å². The molecule has 0 bridgehead atoms. The molecule has 2 rings (SSSR count). The number of rotatable bonds is 3. The molecule has 1 fully saturated rings. The van der Waals surface area contributed by atoms with Crippen LogP contribution in [0.1, 0.15) is 36.0 Å². The Balaban J connectivity index is 2.04. The quantitative estimate of drug-likeness (QED) is 0.744. The number of carbonyl (C=O) groups is 1. The van der Waals surface area contributed by atoms with Crippen LogP contribution in [0.25, 0.3) is 0 Å². The monoisotopic (exact) mass is 276 g/mol. The topological polar surface area (TPSA) is 17.1 Å². The second-order valence-corrected chi connectivity index (χ2v) is 5.15. The third kappa shape index (κ3) is 3.05. The van der Waals surface area contributed by atoms with Gasteiger partial charge in [-0.15, -0.1) is 0 Å². The largest absolute Gasteiger partial charge is 0.294 e. The van der Waals surface area contributed by atoms with Crippen molar-refractivity contribution in [3.8, 4) is 0 Å². The maximum absolute atomic E-state index is 13.5. The number of alkyl halides is 2. The Bertz CT molecular complexity index is 473. The van der Waals surface area contributed by atoms with Crippen molar-refractivity contribution in [2.45, 2.75) is 31.6 Å². The van der Waals surface area contributed by atoms with Crippen molar-refractivity contribution in [2.75, 3.05) is 0 Å². The summed E-state index contributed by atoms with van der Waals surface area (Å²) in [4.78, 5) is 11.8. The lowest BCUT2D eigenvalue weighted by Gasteiger charge is -2.10. The Morgan fingerprint density at radius 2 is 2.17 bits per heavy atom.